The number of nitrogens with one attached hydrogen (secondary N) is 1. The zero-order valence-corrected chi connectivity index (χ0v) is 9.95. The summed E-state index contributed by atoms with van der Waals surface area (Å²) < 4.78 is 19.0. The molecule has 18 heavy (non-hydrogen) atoms. The fourth-order valence-corrected chi connectivity index (χ4v) is 2.25. The Morgan fingerprint density at radius 3 is 2.89 bits per heavy atom. The van der Waals surface area contributed by atoms with Crippen LogP contribution in [0, 0.1) is 5.82 Å². The van der Waals surface area contributed by atoms with Gasteiger partial charge in [-0.1, -0.05) is 30.3 Å². The first-order valence-corrected chi connectivity index (χ1v) is 6.06. The second kappa shape index (κ2) is 4.69. The van der Waals surface area contributed by atoms with Gasteiger partial charge in [-0.3, -0.25) is 0 Å². The molecule has 3 rings (SSSR count). The van der Waals surface area contributed by atoms with E-state index in [0.29, 0.717) is 12.4 Å². The van der Waals surface area contributed by atoms with Crippen molar-refractivity contribution < 1.29 is 9.13 Å². The largest absolute Gasteiger partial charge is 0.486 e. The quantitative estimate of drug-likeness (QED) is 0.892. The Balaban J connectivity index is 1.78. The summed E-state index contributed by atoms with van der Waals surface area (Å²) in [7, 11) is 0. The molecule has 3 heteroatoms. The van der Waals surface area contributed by atoms with Crippen molar-refractivity contribution in [3.63, 3.8) is 0 Å². The van der Waals surface area contributed by atoms with Crippen LogP contribution in [0.2, 0.25) is 0 Å². The van der Waals surface area contributed by atoms with Crippen LogP contribution in [0.25, 0.3) is 0 Å². The second-order valence-corrected chi connectivity index (χ2v) is 4.35. The first-order valence-electron chi connectivity index (χ1n) is 6.06. The van der Waals surface area contributed by atoms with Crippen LogP contribution in [0.3, 0.4) is 0 Å². The van der Waals surface area contributed by atoms with E-state index in [9.17, 15) is 4.39 Å². The molecule has 1 aliphatic rings. The molecule has 0 fully saturated rings. The standard InChI is InChI=1S/C15H14FNO/c16-13-6-1-2-7-14(13)18-10-12-5-3-4-11-8-9-17-15(11)12/h1-7,17H,8-10H2. The summed E-state index contributed by atoms with van der Waals surface area (Å²) >= 11 is 0. The summed E-state index contributed by atoms with van der Waals surface area (Å²) in [4.78, 5) is 0. The minimum absolute atomic E-state index is 0.299. The third-order valence-electron chi connectivity index (χ3n) is 3.15. The molecule has 0 amide bonds. The number of rotatable bonds is 3. The Labute approximate surface area is 105 Å². The van der Waals surface area contributed by atoms with Crippen molar-refractivity contribution in [2.45, 2.75) is 13.0 Å². The minimum atomic E-state index is -0.321. The predicted molar refractivity (Wildman–Crippen MR) is 69.4 cm³/mol. The summed E-state index contributed by atoms with van der Waals surface area (Å²) in [5, 5.41) is 3.35. The Kier molecular flexibility index (Phi) is 2.89. The van der Waals surface area contributed by atoms with Gasteiger partial charge in [-0.15, -0.1) is 0 Å². The minimum Gasteiger partial charge on any atom is -0.486 e. The first-order chi connectivity index (χ1) is 8.84. The van der Waals surface area contributed by atoms with Crippen molar-refractivity contribution >= 4 is 5.69 Å². The van der Waals surface area contributed by atoms with Crippen LogP contribution >= 0.6 is 0 Å². The van der Waals surface area contributed by atoms with Gasteiger partial charge < -0.3 is 10.1 Å². The fourth-order valence-electron chi connectivity index (χ4n) is 2.25. The number of para-hydroxylation sites is 2. The second-order valence-electron chi connectivity index (χ2n) is 4.35. The molecule has 1 aliphatic heterocycles. The molecular weight excluding hydrogens is 229 g/mol. The molecule has 0 radical (unpaired) electrons. The van der Waals surface area contributed by atoms with Crippen molar-refractivity contribution in [2.75, 3.05) is 11.9 Å². The molecule has 1 heterocycles. The Bertz CT molecular complexity index is 568. The molecule has 92 valence electrons. The van der Waals surface area contributed by atoms with Gasteiger partial charge in [0.05, 0.1) is 0 Å². The van der Waals surface area contributed by atoms with Gasteiger partial charge in [-0.25, -0.2) is 4.39 Å². The molecule has 0 atom stereocenters. The maximum Gasteiger partial charge on any atom is 0.165 e. The van der Waals surface area contributed by atoms with Crippen LogP contribution < -0.4 is 10.1 Å². The van der Waals surface area contributed by atoms with E-state index < -0.39 is 0 Å². The Morgan fingerprint density at radius 1 is 1.11 bits per heavy atom. The van der Waals surface area contributed by atoms with Crippen molar-refractivity contribution in [2.24, 2.45) is 0 Å². The lowest BCUT2D eigenvalue weighted by Gasteiger charge is -2.11. The van der Waals surface area contributed by atoms with Crippen molar-refractivity contribution in [1.29, 1.82) is 0 Å². The molecular formula is C15H14FNO. The highest BCUT2D eigenvalue weighted by atomic mass is 19.1. The number of hydrogen-bond donors (Lipinski definition) is 1. The average molecular weight is 243 g/mol. The topological polar surface area (TPSA) is 21.3 Å². The third kappa shape index (κ3) is 2.04. The normalized spacial score (nSPS) is 12.9. The highest BCUT2D eigenvalue weighted by molar-refractivity contribution is 5.61. The third-order valence-corrected chi connectivity index (χ3v) is 3.15. The summed E-state index contributed by atoms with van der Waals surface area (Å²) in [6, 6.07) is 12.6. The van der Waals surface area contributed by atoms with Crippen LogP contribution in [0.1, 0.15) is 11.1 Å². The van der Waals surface area contributed by atoms with E-state index in [1.54, 1.807) is 18.2 Å². The van der Waals surface area contributed by atoms with Gasteiger partial charge in [0.25, 0.3) is 0 Å². The van der Waals surface area contributed by atoms with E-state index in [-0.39, 0.29) is 5.82 Å². The number of anilines is 1. The maximum atomic E-state index is 13.4. The zero-order chi connectivity index (χ0) is 12.4. The van der Waals surface area contributed by atoms with E-state index in [4.69, 9.17) is 4.74 Å². The van der Waals surface area contributed by atoms with Crippen LogP contribution in [-0.4, -0.2) is 6.54 Å². The number of benzene rings is 2. The predicted octanol–water partition coefficient (Wildman–Crippen LogP) is 3.37. The van der Waals surface area contributed by atoms with Gasteiger partial charge in [-0.05, 0) is 24.1 Å². The molecule has 1 N–H and O–H groups in total. The molecule has 0 bridgehead atoms. The lowest BCUT2D eigenvalue weighted by atomic mass is 10.1. The Morgan fingerprint density at radius 2 is 2.00 bits per heavy atom. The molecule has 2 nitrogen and oxygen atoms in total. The lowest BCUT2D eigenvalue weighted by Crippen LogP contribution is -2.01. The van der Waals surface area contributed by atoms with Gasteiger partial charge in [0.15, 0.2) is 11.6 Å². The smallest absolute Gasteiger partial charge is 0.165 e. The van der Waals surface area contributed by atoms with Gasteiger partial charge in [-0.2, -0.15) is 0 Å². The average Bonchev–Trinajstić information content (AvgIpc) is 2.86. The highest BCUT2D eigenvalue weighted by Gasteiger charge is 2.14. The molecule has 2 aromatic carbocycles. The molecule has 0 saturated carbocycles. The monoisotopic (exact) mass is 243 g/mol. The van der Waals surface area contributed by atoms with Crippen LogP contribution in [-0.2, 0) is 13.0 Å². The van der Waals surface area contributed by atoms with Crippen LogP contribution in [0.4, 0.5) is 10.1 Å². The van der Waals surface area contributed by atoms with E-state index in [2.05, 4.69) is 11.4 Å². The van der Waals surface area contributed by atoms with E-state index >= 15 is 0 Å². The highest BCUT2D eigenvalue weighted by Crippen LogP contribution is 2.27. The van der Waals surface area contributed by atoms with Gasteiger partial charge >= 0.3 is 0 Å². The molecule has 0 saturated heterocycles. The molecule has 0 aromatic heterocycles. The summed E-state index contributed by atoms with van der Waals surface area (Å²) in [6.07, 6.45) is 1.04. The summed E-state index contributed by atoms with van der Waals surface area (Å²) in [5.74, 6) is -0.0221. The van der Waals surface area contributed by atoms with Crippen molar-refractivity contribution in [3.05, 3.63) is 59.4 Å². The number of hydrogen-bond acceptors (Lipinski definition) is 2. The van der Waals surface area contributed by atoms with Crippen LogP contribution in [0.15, 0.2) is 42.5 Å². The van der Waals surface area contributed by atoms with Crippen molar-refractivity contribution in [3.8, 4) is 5.75 Å². The number of fused-ring (bicyclic) bond motifs is 1. The SMILES string of the molecule is Fc1ccccc1OCc1cccc2c1NCC2. The molecule has 0 unspecified atom stereocenters. The zero-order valence-electron chi connectivity index (χ0n) is 9.95. The maximum absolute atomic E-state index is 13.4. The molecule has 0 aliphatic carbocycles. The lowest BCUT2D eigenvalue weighted by molar-refractivity contribution is 0.291. The molecule has 0 spiro atoms. The van der Waals surface area contributed by atoms with Gasteiger partial charge in [0, 0.05) is 17.8 Å². The Hall–Kier alpha value is -2.03. The summed E-state index contributed by atoms with van der Waals surface area (Å²) in [6.45, 7) is 1.35. The van der Waals surface area contributed by atoms with Gasteiger partial charge in [0.1, 0.15) is 6.61 Å². The van der Waals surface area contributed by atoms with E-state index in [1.165, 1.54) is 11.6 Å². The van der Waals surface area contributed by atoms with Crippen LogP contribution in [0.5, 0.6) is 5.75 Å². The summed E-state index contributed by atoms with van der Waals surface area (Å²) in [5.41, 5.74) is 3.53. The number of halogens is 1. The first kappa shape index (κ1) is 11.1. The number of ether oxygens (including phenoxy) is 1. The molecule has 2 aromatic rings. The van der Waals surface area contributed by atoms with Crippen molar-refractivity contribution in [1.82, 2.24) is 0 Å². The van der Waals surface area contributed by atoms with E-state index in [0.717, 1.165) is 24.2 Å². The van der Waals surface area contributed by atoms with E-state index in [1.807, 2.05) is 12.1 Å². The fraction of sp³-hybridized carbons (Fsp3) is 0.200. The van der Waals surface area contributed by atoms with Gasteiger partial charge in [0.2, 0.25) is 0 Å².